The molecule has 1 heterocycles. The van der Waals surface area contributed by atoms with Crippen LogP contribution in [0.15, 0.2) is 22.7 Å². The van der Waals surface area contributed by atoms with E-state index in [4.69, 9.17) is 33.7 Å². The highest BCUT2D eigenvalue weighted by atomic mass is 79.9. The van der Waals surface area contributed by atoms with Crippen molar-refractivity contribution in [3.63, 3.8) is 0 Å². The zero-order valence-electron chi connectivity index (χ0n) is 9.88. The van der Waals surface area contributed by atoms with E-state index in [1.54, 1.807) is 0 Å². The first-order chi connectivity index (χ1) is 9.66. The smallest absolute Gasteiger partial charge is 0.433 e. The molecule has 0 aliphatic heterocycles. The Morgan fingerprint density at radius 3 is 2.38 bits per heavy atom. The van der Waals surface area contributed by atoms with Gasteiger partial charge in [0.05, 0.1) is 10.0 Å². The van der Waals surface area contributed by atoms with Crippen LogP contribution in [0.4, 0.5) is 19.1 Å². The molecule has 0 unspecified atom stereocenters. The minimum atomic E-state index is -4.67. The number of rotatable bonds is 2. The number of benzene rings is 1. The number of anilines is 1. The lowest BCUT2D eigenvalue weighted by atomic mass is 10.3. The molecule has 10 heteroatoms. The molecule has 0 atom stereocenters. The third kappa shape index (κ3) is 3.90. The number of nitrogens with two attached hydrogens (primary N) is 1. The molecule has 2 N–H and O–H groups in total. The summed E-state index contributed by atoms with van der Waals surface area (Å²) in [6.07, 6.45) is -4.67. The van der Waals surface area contributed by atoms with Gasteiger partial charge in [-0.3, -0.25) is 0 Å². The van der Waals surface area contributed by atoms with Crippen molar-refractivity contribution in [3.8, 4) is 11.6 Å². The average Bonchev–Trinajstić information content (AvgIpc) is 2.34. The lowest BCUT2D eigenvalue weighted by Gasteiger charge is -2.11. The molecule has 4 nitrogen and oxygen atoms in total. The van der Waals surface area contributed by atoms with E-state index in [0.29, 0.717) is 10.5 Å². The lowest BCUT2D eigenvalue weighted by Crippen LogP contribution is -2.11. The molecule has 0 spiro atoms. The van der Waals surface area contributed by atoms with Gasteiger partial charge in [-0.25, -0.2) is 4.98 Å². The highest BCUT2D eigenvalue weighted by Gasteiger charge is 2.34. The van der Waals surface area contributed by atoms with Crippen LogP contribution in [-0.4, -0.2) is 9.97 Å². The van der Waals surface area contributed by atoms with Crippen molar-refractivity contribution in [1.82, 2.24) is 9.97 Å². The van der Waals surface area contributed by atoms with Crippen LogP contribution in [0.5, 0.6) is 11.6 Å². The maximum Gasteiger partial charge on any atom is 0.433 e. The number of alkyl halides is 3. The van der Waals surface area contributed by atoms with Crippen molar-refractivity contribution in [2.75, 3.05) is 5.73 Å². The topological polar surface area (TPSA) is 61.0 Å². The lowest BCUT2D eigenvalue weighted by molar-refractivity contribution is -0.141. The number of hydrogen-bond donors (Lipinski definition) is 1. The number of ether oxygens (including phenoxy) is 1. The Balaban J connectivity index is 2.40. The van der Waals surface area contributed by atoms with E-state index in [1.165, 1.54) is 12.1 Å². The van der Waals surface area contributed by atoms with Gasteiger partial charge in [-0.15, -0.1) is 0 Å². The van der Waals surface area contributed by atoms with Gasteiger partial charge >= 0.3 is 6.18 Å². The number of aromatic nitrogens is 2. The van der Waals surface area contributed by atoms with E-state index in [9.17, 15) is 13.2 Å². The molecular weight excluding hydrogens is 398 g/mol. The second-order valence-electron chi connectivity index (χ2n) is 3.75. The highest BCUT2D eigenvalue weighted by Crippen LogP contribution is 2.37. The van der Waals surface area contributed by atoms with Crippen LogP contribution >= 0.6 is 39.1 Å². The van der Waals surface area contributed by atoms with Gasteiger partial charge in [0.15, 0.2) is 5.69 Å². The van der Waals surface area contributed by atoms with Crippen molar-refractivity contribution in [2.45, 2.75) is 6.18 Å². The predicted octanol–water partition coefficient (Wildman–Crippen LogP) is 4.94. The van der Waals surface area contributed by atoms with E-state index in [1.807, 2.05) is 0 Å². The zero-order valence-corrected chi connectivity index (χ0v) is 13.0. The first-order valence-corrected chi connectivity index (χ1v) is 6.76. The van der Waals surface area contributed by atoms with Gasteiger partial charge in [0, 0.05) is 16.6 Å². The van der Waals surface area contributed by atoms with Gasteiger partial charge in [-0.05, 0) is 22.0 Å². The molecule has 0 aliphatic rings. The summed E-state index contributed by atoms with van der Waals surface area (Å²) < 4.78 is 43.6. The molecule has 0 saturated carbocycles. The Morgan fingerprint density at radius 2 is 1.76 bits per heavy atom. The normalized spacial score (nSPS) is 11.5. The molecule has 21 heavy (non-hydrogen) atoms. The van der Waals surface area contributed by atoms with Crippen molar-refractivity contribution >= 4 is 45.1 Å². The van der Waals surface area contributed by atoms with Gasteiger partial charge in [-0.2, -0.15) is 18.2 Å². The maximum absolute atomic E-state index is 12.6. The monoisotopic (exact) mass is 401 g/mol. The van der Waals surface area contributed by atoms with Crippen molar-refractivity contribution in [2.24, 2.45) is 0 Å². The van der Waals surface area contributed by atoms with Gasteiger partial charge in [0.2, 0.25) is 11.8 Å². The van der Waals surface area contributed by atoms with Crippen LogP contribution in [0.2, 0.25) is 10.0 Å². The summed E-state index contributed by atoms with van der Waals surface area (Å²) in [6.45, 7) is 0. The standard InChI is InChI=1S/C11H5BrCl2F3N3O/c12-4-1-6(14)7(2-5(4)13)21-9-3-8(11(15,16)17)19-10(18)20-9/h1-3H,(H2,18,19,20). The SMILES string of the molecule is Nc1nc(Oc2cc(Cl)c(Br)cc2Cl)cc(C(F)(F)F)n1. The molecule has 0 bridgehead atoms. The molecule has 0 saturated heterocycles. The van der Waals surface area contributed by atoms with E-state index in [-0.39, 0.29) is 15.8 Å². The van der Waals surface area contributed by atoms with Crippen molar-refractivity contribution < 1.29 is 17.9 Å². The van der Waals surface area contributed by atoms with Crippen molar-refractivity contribution in [1.29, 1.82) is 0 Å². The Labute approximate surface area is 135 Å². The Hall–Kier alpha value is -1.25. The third-order valence-corrected chi connectivity index (χ3v) is 3.69. The quantitative estimate of drug-likeness (QED) is 0.722. The molecule has 112 valence electrons. The molecule has 0 fully saturated rings. The van der Waals surface area contributed by atoms with E-state index < -0.39 is 23.7 Å². The van der Waals surface area contributed by atoms with Gasteiger partial charge in [0.25, 0.3) is 0 Å². The Kier molecular flexibility index (Phi) is 4.50. The molecular formula is C11H5BrCl2F3N3O. The zero-order chi connectivity index (χ0) is 15.8. The molecule has 2 rings (SSSR count). The molecule has 1 aromatic carbocycles. The highest BCUT2D eigenvalue weighted by molar-refractivity contribution is 9.10. The van der Waals surface area contributed by atoms with Crippen LogP contribution in [0.3, 0.4) is 0 Å². The summed E-state index contributed by atoms with van der Waals surface area (Å²) >= 11 is 14.9. The minimum absolute atomic E-state index is 0.0380. The van der Waals surface area contributed by atoms with E-state index in [2.05, 4.69) is 25.9 Å². The Bertz CT molecular complexity index is 697. The van der Waals surface area contributed by atoms with Crippen LogP contribution in [0, 0.1) is 0 Å². The summed E-state index contributed by atoms with van der Waals surface area (Å²) in [5, 5.41) is 0.407. The summed E-state index contributed by atoms with van der Waals surface area (Å²) in [5.41, 5.74) is 4.01. The van der Waals surface area contributed by atoms with E-state index in [0.717, 1.165) is 0 Å². The van der Waals surface area contributed by atoms with Crippen LogP contribution < -0.4 is 10.5 Å². The average molecular weight is 403 g/mol. The van der Waals surface area contributed by atoms with Gasteiger partial charge in [-0.1, -0.05) is 23.2 Å². The van der Waals surface area contributed by atoms with Crippen LogP contribution in [0.1, 0.15) is 5.69 Å². The molecule has 0 radical (unpaired) electrons. The second-order valence-corrected chi connectivity index (χ2v) is 5.41. The van der Waals surface area contributed by atoms with Crippen LogP contribution in [-0.2, 0) is 6.18 Å². The molecule has 1 aromatic heterocycles. The van der Waals surface area contributed by atoms with E-state index >= 15 is 0 Å². The summed E-state index contributed by atoms with van der Waals surface area (Å²) in [4.78, 5) is 6.66. The Morgan fingerprint density at radius 1 is 1.10 bits per heavy atom. The minimum Gasteiger partial charge on any atom is -0.437 e. The predicted molar refractivity (Wildman–Crippen MR) is 75.7 cm³/mol. The maximum atomic E-state index is 12.6. The number of nitrogens with zero attached hydrogens (tertiary/aromatic N) is 2. The molecule has 0 amide bonds. The summed E-state index contributed by atoms with van der Waals surface area (Å²) in [5.74, 6) is -0.926. The fourth-order valence-corrected chi connectivity index (χ4v) is 2.17. The largest absolute Gasteiger partial charge is 0.437 e. The number of hydrogen-bond acceptors (Lipinski definition) is 4. The second kappa shape index (κ2) is 5.86. The number of nitrogen functional groups attached to an aromatic ring is 1. The summed E-state index contributed by atoms with van der Waals surface area (Å²) in [7, 11) is 0. The van der Waals surface area contributed by atoms with Gasteiger partial charge < -0.3 is 10.5 Å². The first kappa shape index (κ1) is 16.1. The van der Waals surface area contributed by atoms with Crippen LogP contribution in [0.25, 0.3) is 0 Å². The van der Waals surface area contributed by atoms with Crippen molar-refractivity contribution in [3.05, 3.63) is 38.4 Å². The third-order valence-electron chi connectivity index (χ3n) is 2.20. The molecule has 2 aromatic rings. The fraction of sp³-hybridized carbons (Fsp3) is 0.0909. The fourth-order valence-electron chi connectivity index (χ4n) is 1.34. The first-order valence-electron chi connectivity index (χ1n) is 5.21. The summed E-state index contributed by atoms with van der Waals surface area (Å²) in [6, 6.07) is 3.39. The molecule has 0 aliphatic carbocycles. The number of halogens is 6. The van der Waals surface area contributed by atoms with Gasteiger partial charge in [0.1, 0.15) is 5.75 Å².